The highest BCUT2D eigenvalue weighted by Crippen LogP contribution is 2.21. The number of hydrogen-bond acceptors (Lipinski definition) is 4. The van der Waals surface area contributed by atoms with E-state index in [1.165, 1.54) is 12.1 Å². The van der Waals surface area contributed by atoms with Gasteiger partial charge in [-0.1, -0.05) is 31.2 Å². The van der Waals surface area contributed by atoms with Crippen LogP contribution in [0.2, 0.25) is 0 Å². The Labute approximate surface area is 159 Å². The van der Waals surface area contributed by atoms with Crippen molar-refractivity contribution in [3.63, 3.8) is 0 Å². The number of allylic oxidation sites excluding steroid dienone is 3. The summed E-state index contributed by atoms with van der Waals surface area (Å²) in [4.78, 5) is 16.5. The molecule has 27 heavy (non-hydrogen) atoms. The van der Waals surface area contributed by atoms with Gasteiger partial charge in [-0.3, -0.25) is 9.52 Å². The van der Waals surface area contributed by atoms with Gasteiger partial charge in [0.05, 0.1) is 5.56 Å². The predicted molar refractivity (Wildman–Crippen MR) is 104 cm³/mol. The molecule has 0 radical (unpaired) electrons. The van der Waals surface area contributed by atoms with E-state index in [0.29, 0.717) is 19.5 Å². The van der Waals surface area contributed by atoms with E-state index in [-0.39, 0.29) is 11.3 Å². The molecule has 0 saturated carbocycles. The molecule has 1 aromatic rings. The zero-order chi connectivity index (χ0) is 19.4. The molecule has 0 spiro atoms. The van der Waals surface area contributed by atoms with E-state index in [0.717, 1.165) is 25.7 Å². The van der Waals surface area contributed by atoms with Gasteiger partial charge < -0.3 is 9.80 Å². The fraction of sp³-hybridized carbons (Fsp3) is 0.421. The molecule has 1 amide bonds. The first-order valence-electron chi connectivity index (χ1n) is 9.07. The second kappa shape index (κ2) is 8.22. The number of amides is 1. The van der Waals surface area contributed by atoms with Crippen LogP contribution in [0.1, 0.15) is 23.7 Å². The lowest BCUT2D eigenvalue weighted by Gasteiger charge is -2.34. The van der Waals surface area contributed by atoms with E-state index in [4.69, 9.17) is 0 Å². The molecule has 2 aliphatic rings. The first kappa shape index (κ1) is 19.6. The molecule has 1 unspecified atom stereocenters. The molecule has 1 aliphatic carbocycles. The average molecular weight is 393 g/mol. The largest absolute Gasteiger partial charge is 0.336 e. The van der Waals surface area contributed by atoms with Crippen LogP contribution in [0.25, 0.3) is 0 Å². The number of sulfonamides is 1. The van der Waals surface area contributed by atoms with Crippen LogP contribution in [0.15, 0.2) is 42.5 Å². The quantitative estimate of drug-likeness (QED) is 0.833. The number of carbonyl (C=O) groups is 1. The van der Waals surface area contributed by atoms with Gasteiger partial charge in [0.25, 0.3) is 5.91 Å². The normalized spacial score (nSPS) is 20.7. The minimum absolute atomic E-state index is 0.112. The SMILES string of the molecule is CCN1CCN(C(=O)c2cc(NS(=O)(=O)C3C=CC=CC3)ccc2F)CC1. The van der Waals surface area contributed by atoms with Gasteiger partial charge in [0.15, 0.2) is 0 Å². The van der Waals surface area contributed by atoms with Gasteiger partial charge in [0, 0.05) is 31.9 Å². The lowest BCUT2D eigenvalue weighted by atomic mass is 10.1. The third-order valence-corrected chi connectivity index (χ3v) is 6.57. The summed E-state index contributed by atoms with van der Waals surface area (Å²) in [6.07, 6.45) is 7.23. The number of likely N-dealkylation sites (N-methyl/N-ethyl adjacent to an activating group) is 1. The third kappa shape index (κ3) is 4.56. The number of benzene rings is 1. The van der Waals surface area contributed by atoms with Gasteiger partial charge in [0.2, 0.25) is 10.0 Å². The van der Waals surface area contributed by atoms with E-state index in [2.05, 4.69) is 16.5 Å². The summed E-state index contributed by atoms with van der Waals surface area (Å²) in [5.41, 5.74) is 0.0779. The Balaban J connectivity index is 1.75. The maximum Gasteiger partial charge on any atom is 0.256 e. The lowest BCUT2D eigenvalue weighted by molar-refractivity contribution is 0.0639. The summed E-state index contributed by atoms with van der Waals surface area (Å²) < 4.78 is 41.7. The van der Waals surface area contributed by atoms with Crippen molar-refractivity contribution >= 4 is 21.6 Å². The Bertz CT molecular complexity index is 859. The summed E-state index contributed by atoms with van der Waals surface area (Å²) >= 11 is 0. The molecule has 1 heterocycles. The molecular weight excluding hydrogens is 369 g/mol. The second-order valence-corrected chi connectivity index (χ2v) is 8.56. The van der Waals surface area contributed by atoms with Crippen molar-refractivity contribution in [1.82, 2.24) is 9.80 Å². The van der Waals surface area contributed by atoms with E-state index in [9.17, 15) is 17.6 Å². The third-order valence-electron chi connectivity index (χ3n) is 4.90. The van der Waals surface area contributed by atoms with Gasteiger partial charge in [-0.05, 0) is 31.2 Å². The van der Waals surface area contributed by atoms with Crippen LogP contribution in [0.5, 0.6) is 0 Å². The van der Waals surface area contributed by atoms with Gasteiger partial charge in [-0.15, -0.1) is 0 Å². The highest BCUT2D eigenvalue weighted by molar-refractivity contribution is 7.93. The van der Waals surface area contributed by atoms with Crippen molar-refractivity contribution in [2.24, 2.45) is 0 Å². The van der Waals surface area contributed by atoms with Crippen molar-refractivity contribution in [1.29, 1.82) is 0 Å². The van der Waals surface area contributed by atoms with Gasteiger partial charge >= 0.3 is 0 Å². The van der Waals surface area contributed by atoms with E-state index >= 15 is 0 Å². The van der Waals surface area contributed by atoms with Gasteiger partial charge in [0.1, 0.15) is 11.1 Å². The molecule has 1 aliphatic heterocycles. The molecular formula is C19H24FN3O3S. The van der Waals surface area contributed by atoms with E-state index < -0.39 is 27.0 Å². The molecule has 146 valence electrons. The summed E-state index contributed by atoms with van der Waals surface area (Å²) in [6.45, 7) is 5.53. The van der Waals surface area contributed by atoms with Crippen molar-refractivity contribution in [2.45, 2.75) is 18.6 Å². The zero-order valence-corrected chi connectivity index (χ0v) is 16.1. The highest BCUT2D eigenvalue weighted by Gasteiger charge is 2.26. The summed E-state index contributed by atoms with van der Waals surface area (Å²) in [6, 6.07) is 3.74. The first-order chi connectivity index (χ1) is 12.9. The number of nitrogens with one attached hydrogen (secondary N) is 1. The fourth-order valence-electron chi connectivity index (χ4n) is 3.22. The zero-order valence-electron chi connectivity index (χ0n) is 15.3. The Morgan fingerprint density at radius 3 is 2.59 bits per heavy atom. The molecule has 3 rings (SSSR count). The van der Waals surface area contributed by atoms with E-state index in [1.54, 1.807) is 29.2 Å². The molecule has 1 fully saturated rings. The number of hydrogen-bond donors (Lipinski definition) is 1. The number of nitrogens with zero attached hydrogens (tertiary/aromatic N) is 2. The van der Waals surface area contributed by atoms with E-state index in [1.807, 2.05) is 0 Å². The van der Waals surface area contributed by atoms with Crippen LogP contribution in [-0.4, -0.2) is 62.1 Å². The smallest absolute Gasteiger partial charge is 0.256 e. The molecule has 1 N–H and O–H groups in total. The molecule has 0 bridgehead atoms. The second-order valence-electron chi connectivity index (χ2n) is 6.66. The minimum atomic E-state index is -3.67. The Morgan fingerprint density at radius 1 is 1.22 bits per heavy atom. The van der Waals surface area contributed by atoms with Gasteiger partial charge in [-0.25, -0.2) is 12.8 Å². The summed E-state index contributed by atoms with van der Waals surface area (Å²) in [7, 11) is -3.67. The monoisotopic (exact) mass is 393 g/mol. The molecule has 1 aromatic carbocycles. The number of halogens is 1. The fourth-order valence-corrected chi connectivity index (χ4v) is 4.49. The topological polar surface area (TPSA) is 69.7 Å². The Morgan fingerprint density at radius 2 is 1.96 bits per heavy atom. The van der Waals surface area contributed by atoms with Crippen LogP contribution in [0.3, 0.4) is 0 Å². The van der Waals surface area contributed by atoms with Crippen LogP contribution in [0, 0.1) is 5.82 Å². The first-order valence-corrected chi connectivity index (χ1v) is 10.6. The molecule has 1 atom stereocenters. The minimum Gasteiger partial charge on any atom is -0.336 e. The molecule has 1 saturated heterocycles. The van der Waals surface area contributed by atoms with Crippen molar-refractivity contribution < 1.29 is 17.6 Å². The maximum absolute atomic E-state index is 14.2. The summed E-state index contributed by atoms with van der Waals surface area (Å²) in [5, 5.41) is -0.686. The molecule has 0 aromatic heterocycles. The summed E-state index contributed by atoms with van der Waals surface area (Å²) in [5.74, 6) is -1.06. The maximum atomic E-state index is 14.2. The van der Waals surface area contributed by atoms with Crippen molar-refractivity contribution in [2.75, 3.05) is 37.4 Å². The van der Waals surface area contributed by atoms with Crippen LogP contribution in [0.4, 0.5) is 10.1 Å². The standard InChI is InChI=1S/C19H24FN3O3S/c1-2-22-10-12-23(13-11-22)19(24)17-14-15(8-9-18(17)20)21-27(25,26)16-6-4-3-5-7-16/h3-6,8-9,14,16,21H,2,7,10-13H2,1H3. The Hall–Kier alpha value is -2.19. The Kier molecular flexibility index (Phi) is 5.96. The van der Waals surface area contributed by atoms with Crippen molar-refractivity contribution in [3.8, 4) is 0 Å². The van der Waals surface area contributed by atoms with Crippen LogP contribution >= 0.6 is 0 Å². The molecule has 8 heteroatoms. The number of rotatable bonds is 5. The van der Waals surface area contributed by atoms with Crippen LogP contribution < -0.4 is 4.72 Å². The predicted octanol–water partition coefficient (Wildman–Crippen LogP) is 2.23. The lowest BCUT2D eigenvalue weighted by Crippen LogP contribution is -2.48. The average Bonchev–Trinajstić information content (AvgIpc) is 2.69. The number of anilines is 1. The highest BCUT2D eigenvalue weighted by atomic mass is 32.2. The molecule has 6 nitrogen and oxygen atoms in total. The number of carbonyl (C=O) groups excluding carboxylic acids is 1. The van der Waals surface area contributed by atoms with Crippen molar-refractivity contribution in [3.05, 3.63) is 53.9 Å². The van der Waals surface area contributed by atoms with Gasteiger partial charge in [-0.2, -0.15) is 0 Å². The van der Waals surface area contributed by atoms with Crippen LogP contribution in [-0.2, 0) is 10.0 Å². The number of piperazine rings is 1.